The van der Waals surface area contributed by atoms with E-state index in [1.807, 2.05) is 12.1 Å². The van der Waals surface area contributed by atoms with Gasteiger partial charge in [-0.3, -0.25) is 9.59 Å². The zero-order valence-corrected chi connectivity index (χ0v) is 15.0. The molecule has 0 spiro atoms. The Hall–Kier alpha value is -2.86. The first-order valence-corrected chi connectivity index (χ1v) is 8.50. The average molecular weight is 354 g/mol. The highest BCUT2D eigenvalue weighted by molar-refractivity contribution is 6.05. The van der Waals surface area contributed by atoms with Gasteiger partial charge >= 0.3 is 0 Å². The second-order valence-corrected chi connectivity index (χ2v) is 6.12. The van der Waals surface area contributed by atoms with Gasteiger partial charge in [0.15, 0.2) is 0 Å². The zero-order valence-electron chi connectivity index (χ0n) is 15.0. The van der Waals surface area contributed by atoms with Crippen molar-refractivity contribution in [3.8, 4) is 5.75 Å². The zero-order chi connectivity index (χ0) is 18.5. The van der Waals surface area contributed by atoms with Gasteiger partial charge in [-0.25, -0.2) is 0 Å². The van der Waals surface area contributed by atoms with E-state index in [1.165, 1.54) is 0 Å². The lowest BCUT2D eigenvalue weighted by atomic mass is 10.1. The number of methoxy groups -OCH3 is 2. The SMILES string of the molecule is COCc1ccc(C(=O)Nc2ccc(N3CCCC3=O)c(OC)c2)cc1. The molecular formula is C20H22N2O4. The molecule has 136 valence electrons. The lowest BCUT2D eigenvalue weighted by molar-refractivity contribution is -0.117. The van der Waals surface area contributed by atoms with Crippen LogP contribution in [0, 0.1) is 0 Å². The summed E-state index contributed by atoms with van der Waals surface area (Å²) in [5, 5.41) is 2.86. The molecule has 0 radical (unpaired) electrons. The summed E-state index contributed by atoms with van der Waals surface area (Å²) in [5.74, 6) is 0.450. The minimum absolute atomic E-state index is 0.0937. The van der Waals surface area contributed by atoms with E-state index in [1.54, 1.807) is 49.5 Å². The van der Waals surface area contributed by atoms with Gasteiger partial charge in [-0.15, -0.1) is 0 Å². The molecule has 0 aliphatic carbocycles. The quantitative estimate of drug-likeness (QED) is 0.865. The van der Waals surface area contributed by atoms with Gasteiger partial charge in [0, 0.05) is 37.4 Å². The number of hydrogen-bond donors (Lipinski definition) is 1. The lowest BCUT2D eigenvalue weighted by Gasteiger charge is -2.19. The lowest BCUT2D eigenvalue weighted by Crippen LogP contribution is -2.24. The van der Waals surface area contributed by atoms with E-state index in [0.717, 1.165) is 17.7 Å². The third-order valence-corrected chi connectivity index (χ3v) is 4.33. The standard InChI is InChI=1S/C20H22N2O4/c1-25-13-14-5-7-15(8-6-14)20(24)21-16-9-10-17(18(12-16)26-2)22-11-3-4-19(22)23/h5-10,12H,3-4,11,13H2,1-2H3,(H,21,24). The number of nitrogens with one attached hydrogen (secondary N) is 1. The summed E-state index contributed by atoms with van der Waals surface area (Å²) in [6.07, 6.45) is 1.40. The normalized spacial score (nSPS) is 13.8. The Morgan fingerprint density at radius 2 is 1.92 bits per heavy atom. The second kappa shape index (κ2) is 8.01. The van der Waals surface area contributed by atoms with Crippen molar-refractivity contribution in [1.82, 2.24) is 0 Å². The van der Waals surface area contributed by atoms with Gasteiger partial charge in [-0.1, -0.05) is 12.1 Å². The Morgan fingerprint density at radius 1 is 1.15 bits per heavy atom. The van der Waals surface area contributed by atoms with E-state index >= 15 is 0 Å². The molecule has 6 heteroatoms. The number of carbonyl (C=O) groups excluding carboxylic acids is 2. The number of hydrogen-bond acceptors (Lipinski definition) is 4. The Labute approximate surface area is 152 Å². The number of nitrogens with zero attached hydrogens (tertiary/aromatic N) is 1. The topological polar surface area (TPSA) is 67.9 Å². The highest BCUT2D eigenvalue weighted by atomic mass is 16.5. The van der Waals surface area contributed by atoms with Crippen LogP contribution in [0.15, 0.2) is 42.5 Å². The molecule has 0 saturated carbocycles. The summed E-state index contributed by atoms with van der Waals surface area (Å²) < 4.78 is 10.5. The number of ether oxygens (including phenoxy) is 2. The van der Waals surface area contributed by atoms with Crippen molar-refractivity contribution in [2.75, 3.05) is 31.0 Å². The van der Waals surface area contributed by atoms with Gasteiger partial charge in [-0.05, 0) is 36.2 Å². The van der Waals surface area contributed by atoms with Crippen LogP contribution in [-0.2, 0) is 16.1 Å². The highest BCUT2D eigenvalue weighted by Crippen LogP contribution is 2.33. The van der Waals surface area contributed by atoms with Gasteiger partial charge in [0.05, 0.1) is 19.4 Å². The van der Waals surface area contributed by atoms with Crippen molar-refractivity contribution in [2.45, 2.75) is 19.4 Å². The first kappa shape index (κ1) is 17.9. The molecule has 1 fully saturated rings. The average Bonchev–Trinajstić information content (AvgIpc) is 3.08. The highest BCUT2D eigenvalue weighted by Gasteiger charge is 2.24. The summed E-state index contributed by atoms with van der Waals surface area (Å²) in [6, 6.07) is 12.6. The largest absolute Gasteiger partial charge is 0.494 e. The minimum Gasteiger partial charge on any atom is -0.494 e. The molecule has 6 nitrogen and oxygen atoms in total. The fourth-order valence-electron chi connectivity index (χ4n) is 3.00. The van der Waals surface area contributed by atoms with Crippen LogP contribution in [0.25, 0.3) is 0 Å². The fraction of sp³-hybridized carbons (Fsp3) is 0.300. The fourth-order valence-corrected chi connectivity index (χ4v) is 3.00. The first-order chi connectivity index (χ1) is 12.6. The molecule has 2 amide bonds. The number of rotatable bonds is 6. The van der Waals surface area contributed by atoms with E-state index in [0.29, 0.717) is 36.6 Å². The van der Waals surface area contributed by atoms with Crippen LogP contribution in [0.2, 0.25) is 0 Å². The maximum Gasteiger partial charge on any atom is 0.255 e. The monoisotopic (exact) mass is 354 g/mol. The molecule has 0 bridgehead atoms. The summed E-state index contributed by atoms with van der Waals surface area (Å²) in [5.41, 5.74) is 2.91. The number of anilines is 2. The predicted octanol–water partition coefficient (Wildman–Crippen LogP) is 3.22. The molecule has 0 atom stereocenters. The van der Waals surface area contributed by atoms with E-state index < -0.39 is 0 Å². The van der Waals surface area contributed by atoms with Crippen molar-refractivity contribution in [2.24, 2.45) is 0 Å². The minimum atomic E-state index is -0.207. The maximum atomic E-state index is 12.4. The van der Waals surface area contributed by atoms with Gasteiger partial charge in [-0.2, -0.15) is 0 Å². The first-order valence-electron chi connectivity index (χ1n) is 8.50. The number of carbonyl (C=O) groups is 2. The Balaban J connectivity index is 1.75. The number of benzene rings is 2. The van der Waals surface area contributed by atoms with Crippen LogP contribution in [-0.4, -0.2) is 32.6 Å². The molecule has 1 N–H and O–H groups in total. The van der Waals surface area contributed by atoms with E-state index in [9.17, 15) is 9.59 Å². The third kappa shape index (κ3) is 3.86. The Bertz CT molecular complexity index is 802. The van der Waals surface area contributed by atoms with Crippen molar-refractivity contribution in [3.63, 3.8) is 0 Å². The molecule has 1 heterocycles. The van der Waals surface area contributed by atoms with Crippen molar-refractivity contribution in [1.29, 1.82) is 0 Å². The molecule has 2 aromatic carbocycles. The third-order valence-electron chi connectivity index (χ3n) is 4.33. The smallest absolute Gasteiger partial charge is 0.255 e. The molecule has 1 saturated heterocycles. The Morgan fingerprint density at radius 3 is 2.54 bits per heavy atom. The van der Waals surface area contributed by atoms with E-state index in [4.69, 9.17) is 9.47 Å². The van der Waals surface area contributed by atoms with Crippen molar-refractivity contribution >= 4 is 23.2 Å². The molecule has 2 aromatic rings. The number of amides is 2. The van der Waals surface area contributed by atoms with Crippen molar-refractivity contribution < 1.29 is 19.1 Å². The van der Waals surface area contributed by atoms with Crippen molar-refractivity contribution in [3.05, 3.63) is 53.6 Å². The summed E-state index contributed by atoms with van der Waals surface area (Å²) in [4.78, 5) is 26.1. The van der Waals surface area contributed by atoms with Crippen LogP contribution < -0.4 is 15.0 Å². The second-order valence-electron chi connectivity index (χ2n) is 6.12. The molecule has 1 aliphatic heterocycles. The van der Waals surface area contributed by atoms with E-state index in [2.05, 4.69) is 5.32 Å². The molecule has 3 rings (SSSR count). The van der Waals surface area contributed by atoms with Gasteiger partial charge in [0.25, 0.3) is 5.91 Å². The molecule has 1 aliphatic rings. The molecule has 0 aromatic heterocycles. The van der Waals surface area contributed by atoms with Crippen LogP contribution >= 0.6 is 0 Å². The summed E-state index contributed by atoms with van der Waals surface area (Å²) in [7, 11) is 3.19. The summed E-state index contributed by atoms with van der Waals surface area (Å²) in [6.45, 7) is 1.20. The molecule has 0 unspecified atom stereocenters. The van der Waals surface area contributed by atoms with Gasteiger partial charge in [0.2, 0.25) is 5.91 Å². The van der Waals surface area contributed by atoms with Crippen LogP contribution in [0.1, 0.15) is 28.8 Å². The van der Waals surface area contributed by atoms with Crippen LogP contribution in [0.3, 0.4) is 0 Å². The van der Waals surface area contributed by atoms with Crippen LogP contribution in [0.4, 0.5) is 11.4 Å². The predicted molar refractivity (Wildman–Crippen MR) is 99.7 cm³/mol. The maximum absolute atomic E-state index is 12.4. The Kier molecular flexibility index (Phi) is 5.53. The summed E-state index contributed by atoms with van der Waals surface area (Å²) >= 11 is 0. The van der Waals surface area contributed by atoms with Gasteiger partial charge in [0.1, 0.15) is 5.75 Å². The van der Waals surface area contributed by atoms with E-state index in [-0.39, 0.29) is 11.8 Å². The van der Waals surface area contributed by atoms with Gasteiger partial charge < -0.3 is 19.7 Å². The molecule has 26 heavy (non-hydrogen) atoms. The molecular weight excluding hydrogens is 332 g/mol. The van der Waals surface area contributed by atoms with Crippen LogP contribution in [0.5, 0.6) is 5.75 Å².